The van der Waals surface area contributed by atoms with Gasteiger partial charge in [-0.05, 0) is 51.4 Å². The molecule has 0 spiro atoms. The number of hydrogen-bond acceptors (Lipinski definition) is 3. The molecule has 1 aromatic heterocycles. The van der Waals surface area contributed by atoms with Crippen LogP contribution in [0.25, 0.3) is 0 Å². The van der Waals surface area contributed by atoms with Crippen LogP contribution in [0, 0.1) is 5.92 Å². The van der Waals surface area contributed by atoms with Gasteiger partial charge in [-0.3, -0.25) is 0 Å². The average molecular weight is 295 g/mol. The maximum atomic E-state index is 10.9. The normalized spacial score (nSPS) is 28.8. The lowest BCUT2D eigenvalue weighted by Crippen LogP contribution is -2.56. The molecule has 1 fully saturated rings. The molecule has 3 unspecified atom stereocenters. The summed E-state index contributed by atoms with van der Waals surface area (Å²) in [4.78, 5) is 5.03. The molecule has 1 heterocycles. The maximum absolute atomic E-state index is 10.9. The van der Waals surface area contributed by atoms with Crippen molar-refractivity contribution in [1.29, 1.82) is 0 Å². The fraction of sp³-hybridized carbons (Fsp3) is 0.765. The average Bonchev–Trinajstić information content (AvgIpc) is 2.86. The Kier molecular flexibility index (Phi) is 5.27. The molecule has 0 amide bonds. The molecule has 2 nitrogen and oxygen atoms in total. The summed E-state index contributed by atoms with van der Waals surface area (Å²) in [5.41, 5.74) is -0.0337. The molecule has 1 aliphatic carbocycles. The second-order valence-electron chi connectivity index (χ2n) is 6.64. The fourth-order valence-electron chi connectivity index (χ4n) is 3.67. The zero-order valence-corrected chi connectivity index (χ0v) is 14.2. The summed E-state index contributed by atoms with van der Waals surface area (Å²) in [5, 5.41) is 10.9. The number of aryl methyl sites for hydroxylation is 1. The van der Waals surface area contributed by atoms with Crippen molar-refractivity contribution in [2.75, 3.05) is 14.1 Å². The largest absolute Gasteiger partial charge is 0.391 e. The van der Waals surface area contributed by atoms with Crippen molar-refractivity contribution < 1.29 is 5.11 Å². The van der Waals surface area contributed by atoms with Gasteiger partial charge in [-0.15, -0.1) is 11.3 Å². The number of likely N-dealkylation sites (N-methyl/N-ethyl adjacent to an activating group) is 1. The molecule has 1 aromatic rings. The third-order valence-electron chi connectivity index (χ3n) is 4.98. The van der Waals surface area contributed by atoms with E-state index >= 15 is 0 Å². The number of aliphatic hydroxyl groups is 1. The van der Waals surface area contributed by atoms with Crippen molar-refractivity contribution in [3.63, 3.8) is 0 Å². The number of nitrogens with zero attached hydrogens (tertiary/aromatic N) is 1. The molecule has 0 bridgehead atoms. The summed E-state index contributed by atoms with van der Waals surface area (Å²) in [6.07, 6.45) is 6.42. The van der Waals surface area contributed by atoms with Crippen LogP contribution in [-0.4, -0.2) is 35.7 Å². The highest BCUT2D eigenvalue weighted by molar-refractivity contribution is 7.11. The van der Waals surface area contributed by atoms with Gasteiger partial charge in [0.15, 0.2) is 0 Å². The van der Waals surface area contributed by atoms with E-state index in [2.05, 4.69) is 45.0 Å². The zero-order chi connectivity index (χ0) is 14.8. The van der Waals surface area contributed by atoms with Crippen LogP contribution in [0.4, 0.5) is 0 Å². The van der Waals surface area contributed by atoms with Gasteiger partial charge in [0.1, 0.15) is 0 Å². The van der Waals surface area contributed by atoms with E-state index in [0.29, 0.717) is 0 Å². The molecule has 1 N–H and O–H groups in total. The Morgan fingerprint density at radius 2 is 2.10 bits per heavy atom. The molecule has 0 saturated heterocycles. The third-order valence-corrected chi connectivity index (χ3v) is 6.23. The van der Waals surface area contributed by atoms with Crippen LogP contribution >= 0.6 is 11.3 Å². The number of hydrogen-bond donors (Lipinski definition) is 1. The molecular weight excluding hydrogens is 266 g/mol. The van der Waals surface area contributed by atoms with Gasteiger partial charge in [0, 0.05) is 21.7 Å². The second kappa shape index (κ2) is 6.59. The Labute approximate surface area is 127 Å². The van der Waals surface area contributed by atoms with E-state index in [9.17, 15) is 5.11 Å². The first-order valence-corrected chi connectivity index (χ1v) is 8.72. The van der Waals surface area contributed by atoms with E-state index in [4.69, 9.17) is 0 Å². The quantitative estimate of drug-likeness (QED) is 0.895. The smallest absolute Gasteiger partial charge is 0.0771 e. The first-order valence-electron chi connectivity index (χ1n) is 7.91. The summed E-state index contributed by atoms with van der Waals surface area (Å²) in [6, 6.07) is 4.40. The number of rotatable bonds is 5. The van der Waals surface area contributed by atoms with Crippen molar-refractivity contribution in [3.8, 4) is 0 Å². The number of thiophene rings is 1. The summed E-state index contributed by atoms with van der Waals surface area (Å²) < 4.78 is 0. The molecule has 1 saturated carbocycles. The second-order valence-corrected chi connectivity index (χ2v) is 7.89. The Morgan fingerprint density at radius 1 is 1.40 bits per heavy atom. The van der Waals surface area contributed by atoms with Crippen molar-refractivity contribution >= 4 is 11.3 Å². The molecule has 1 aliphatic rings. The van der Waals surface area contributed by atoms with E-state index in [-0.39, 0.29) is 11.6 Å². The first kappa shape index (κ1) is 16.0. The van der Waals surface area contributed by atoms with Crippen molar-refractivity contribution in [1.82, 2.24) is 4.90 Å². The maximum Gasteiger partial charge on any atom is 0.0771 e. The van der Waals surface area contributed by atoms with Gasteiger partial charge < -0.3 is 10.0 Å². The van der Waals surface area contributed by atoms with Gasteiger partial charge in [0.2, 0.25) is 0 Å². The fourth-order valence-corrected chi connectivity index (χ4v) is 4.67. The van der Waals surface area contributed by atoms with Crippen LogP contribution in [0.1, 0.15) is 49.3 Å². The van der Waals surface area contributed by atoms with Gasteiger partial charge in [-0.1, -0.05) is 26.7 Å². The molecular formula is C17H29NOS. The lowest BCUT2D eigenvalue weighted by molar-refractivity contribution is -0.0421. The standard InChI is InChI=1S/C17H29NOS/c1-5-14-8-9-15(20-14)11-16(19)17(18(3)4)10-6-7-13(2)12-17/h8-9,13,16,19H,5-7,10-12H2,1-4H3. The molecule has 3 heteroatoms. The van der Waals surface area contributed by atoms with Gasteiger partial charge >= 0.3 is 0 Å². The van der Waals surface area contributed by atoms with Crippen LogP contribution in [0.2, 0.25) is 0 Å². The summed E-state index contributed by atoms with van der Waals surface area (Å²) >= 11 is 1.86. The highest BCUT2D eigenvalue weighted by atomic mass is 32.1. The third kappa shape index (κ3) is 3.26. The molecule has 114 valence electrons. The minimum absolute atomic E-state index is 0.0337. The summed E-state index contributed by atoms with van der Waals surface area (Å²) in [6.45, 7) is 4.51. The Hall–Kier alpha value is -0.380. The highest BCUT2D eigenvalue weighted by Gasteiger charge is 2.42. The monoisotopic (exact) mass is 295 g/mol. The minimum atomic E-state index is -0.261. The van der Waals surface area contributed by atoms with E-state index < -0.39 is 0 Å². The lowest BCUT2D eigenvalue weighted by atomic mass is 9.71. The van der Waals surface area contributed by atoms with Crippen LogP contribution in [-0.2, 0) is 12.8 Å². The van der Waals surface area contributed by atoms with Gasteiger partial charge in [-0.2, -0.15) is 0 Å². The highest BCUT2D eigenvalue weighted by Crippen LogP contribution is 2.39. The van der Waals surface area contributed by atoms with Crippen LogP contribution in [0.5, 0.6) is 0 Å². The van der Waals surface area contributed by atoms with E-state index in [1.807, 2.05) is 11.3 Å². The van der Waals surface area contributed by atoms with Crippen LogP contribution in [0.15, 0.2) is 12.1 Å². The van der Waals surface area contributed by atoms with Crippen molar-refractivity contribution in [2.24, 2.45) is 5.92 Å². The molecule has 20 heavy (non-hydrogen) atoms. The van der Waals surface area contributed by atoms with E-state index in [1.165, 1.54) is 22.6 Å². The Balaban J connectivity index is 2.12. The molecule has 0 radical (unpaired) electrons. The number of aliphatic hydroxyl groups excluding tert-OH is 1. The zero-order valence-electron chi connectivity index (χ0n) is 13.4. The Morgan fingerprint density at radius 3 is 2.65 bits per heavy atom. The summed E-state index contributed by atoms with van der Waals surface area (Å²) in [5.74, 6) is 0.718. The lowest BCUT2D eigenvalue weighted by Gasteiger charge is -2.48. The minimum Gasteiger partial charge on any atom is -0.391 e. The van der Waals surface area contributed by atoms with Gasteiger partial charge in [0.05, 0.1) is 6.10 Å². The van der Waals surface area contributed by atoms with Crippen LogP contribution in [0.3, 0.4) is 0 Å². The summed E-state index contributed by atoms with van der Waals surface area (Å²) in [7, 11) is 4.26. The van der Waals surface area contributed by atoms with Crippen LogP contribution < -0.4 is 0 Å². The molecule has 0 aliphatic heterocycles. The first-order chi connectivity index (χ1) is 9.48. The van der Waals surface area contributed by atoms with E-state index in [0.717, 1.165) is 31.6 Å². The Bertz CT molecular complexity index is 428. The molecule has 3 atom stereocenters. The van der Waals surface area contributed by atoms with E-state index in [1.54, 1.807) is 0 Å². The molecule has 0 aromatic carbocycles. The predicted octanol–water partition coefficient (Wildman–Crippen LogP) is 3.72. The van der Waals surface area contributed by atoms with Gasteiger partial charge in [-0.25, -0.2) is 0 Å². The van der Waals surface area contributed by atoms with Crippen molar-refractivity contribution in [2.45, 2.75) is 64.0 Å². The molecule has 2 rings (SSSR count). The SMILES string of the molecule is CCc1ccc(CC(O)C2(N(C)C)CCCC(C)C2)s1. The van der Waals surface area contributed by atoms with Gasteiger partial charge in [0.25, 0.3) is 0 Å². The van der Waals surface area contributed by atoms with Crippen molar-refractivity contribution in [3.05, 3.63) is 21.9 Å². The predicted molar refractivity (Wildman–Crippen MR) is 87.5 cm³/mol. The topological polar surface area (TPSA) is 23.5 Å².